The molecule has 0 bridgehead atoms. The highest BCUT2D eigenvalue weighted by molar-refractivity contribution is 5.85. The number of hydrogen-bond donors (Lipinski definition) is 2. The number of benzene rings is 1. The van der Waals surface area contributed by atoms with Crippen molar-refractivity contribution in [1.82, 2.24) is 15.2 Å². The standard InChI is InChI=1S/C20H29N3O.2ClH/c1-16(18-7-4-10-21-15-18)14-20(24)22-11-5-12-23-13-9-17-6-2-3-8-19(17)23;;/h2-3,6,8-9,13,16,18,21H,4-5,7,10-12,14-15H2,1H3,(H,22,24);2*1H. The van der Waals surface area contributed by atoms with E-state index in [2.05, 4.69) is 58.7 Å². The van der Waals surface area contributed by atoms with Crippen molar-refractivity contribution in [3.8, 4) is 0 Å². The van der Waals surface area contributed by atoms with Gasteiger partial charge in [0.05, 0.1) is 0 Å². The van der Waals surface area contributed by atoms with Crippen molar-refractivity contribution in [3.63, 3.8) is 0 Å². The predicted molar refractivity (Wildman–Crippen MR) is 113 cm³/mol. The highest BCUT2D eigenvalue weighted by Gasteiger charge is 2.21. The van der Waals surface area contributed by atoms with Gasteiger partial charge in [0, 0.05) is 31.2 Å². The Labute approximate surface area is 168 Å². The summed E-state index contributed by atoms with van der Waals surface area (Å²) in [5, 5.41) is 7.80. The van der Waals surface area contributed by atoms with Crippen molar-refractivity contribution < 1.29 is 4.79 Å². The van der Waals surface area contributed by atoms with E-state index < -0.39 is 0 Å². The van der Waals surface area contributed by atoms with Crippen molar-refractivity contribution in [2.24, 2.45) is 11.8 Å². The molecule has 1 fully saturated rings. The zero-order valence-electron chi connectivity index (χ0n) is 15.4. The molecule has 26 heavy (non-hydrogen) atoms. The molecule has 1 aromatic heterocycles. The Morgan fingerprint density at radius 3 is 2.88 bits per heavy atom. The number of carbonyl (C=O) groups is 1. The molecule has 2 unspecified atom stereocenters. The van der Waals surface area contributed by atoms with E-state index in [-0.39, 0.29) is 30.7 Å². The molecule has 0 aliphatic carbocycles. The van der Waals surface area contributed by atoms with Crippen LogP contribution in [0, 0.1) is 11.8 Å². The topological polar surface area (TPSA) is 46.1 Å². The van der Waals surface area contributed by atoms with Gasteiger partial charge in [-0.3, -0.25) is 4.79 Å². The average molecular weight is 400 g/mol. The monoisotopic (exact) mass is 399 g/mol. The maximum Gasteiger partial charge on any atom is 0.220 e. The zero-order chi connectivity index (χ0) is 16.8. The van der Waals surface area contributed by atoms with Gasteiger partial charge in [0.15, 0.2) is 0 Å². The minimum atomic E-state index is 0. The predicted octanol–water partition coefficient (Wildman–Crippen LogP) is 4.02. The third kappa shape index (κ3) is 6.19. The Kier molecular flexibility index (Phi) is 10.1. The van der Waals surface area contributed by atoms with Crippen LogP contribution >= 0.6 is 24.8 Å². The molecule has 1 saturated heterocycles. The van der Waals surface area contributed by atoms with E-state index >= 15 is 0 Å². The summed E-state index contributed by atoms with van der Waals surface area (Å²) < 4.78 is 2.26. The van der Waals surface area contributed by atoms with Gasteiger partial charge in [-0.15, -0.1) is 24.8 Å². The van der Waals surface area contributed by atoms with Crippen molar-refractivity contribution in [3.05, 3.63) is 36.5 Å². The number of halogens is 2. The van der Waals surface area contributed by atoms with Crippen molar-refractivity contribution in [2.45, 2.75) is 39.2 Å². The highest BCUT2D eigenvalue weighted by Crippen LogP contribution is 2.22. The maximum absolute atomic E-state index is 12.1. The van der Waals surface area contributed by atoms with Gasteiger partial charge in [0.2, 0.25) is 5.91 Å². The molecule has 2 atom stereocenters. The van der Waals surface area contributed by atoms with E-state index in [4.69, 9.17) is 0 Å². The third-order valence-electron chi connectivity index (χ3n) is 5.23. The number of piperidine rings is 1. The van der Waals surface area contributed by atoms with Gasteiger partial charge >= 0.3 is 0 Å². The second kappa shape index (κ2) is 11.5. The number of carbonyl (C=O) groups excluding carboxylic acids is 1. The van der Waals surface area contributed by atoms with Gasteiger partial charge in [-0.2, -0.15) is 0 Å². The lowest BCUT2D eigenvalue weighted by Crippen LogP contribution is -2.35. The van der Waals surface area contributed by atoms with E-state index in [1.165, 1.54) is 23.7 Å². The number of fused-ring (bicyclic) bond motifs is 1. The molecule has 2 aromatic rings. The van der Waals surface area contributed by atoms with Crippen LogP contribution in [0.2, 0.25) is 0 Å². The molecule has 1 aromatic carbocycles. The van der Waals surface area contributed by atoms with E-state index in [9.17, 15) is 4.79 Å². The molecular weight excluding hydrogens is 369 g/mol. The maximum atomic E-state index is 12.1. The average Bonchev–Trinajstić information content (AvgIpc) is 3.03. The highest BCUT2D eigenvalue weighted by atomic mass is 35.5. The quantitative estimate of drug-likeness (QED) is 0.690. The van der Waals surface area contributed by atoms with Crippen LogP contribution < -0.4 is 10.6 Å². The molecule has 1 amide bonds. The van der Waals surface area contributed by atoms with Crippen molar-refractivity contribution in [1.29, 1.82) is 0 Å². The summed E-state index contributed by atoms with van der Waals surface area (Å²) in [6, 6.07) is 10.6. The Morgan fingerprint density at radius 2 is 2.12 bits per heavy atom. The number of amides is 1. The molecular formula is C20H31Cl2N3O. The molecule has 4 nitrogen and oxygen atoms in total. The smallest absolute Gasteiger partial charge is 0.220 e. The Balaban J connectivity index is 0.00000169. The Hall–Kier alpha value is -1.23. The second-order valence-corrected chi connectivity index (χ2v) is 7.06. The van der Waals surface area contributed by atoms with E-state index in [0.29, 0.717) is 18.3 Å². The molecule has 0 radical (unpaired) electrons. The molecule has 2 N–H and O–H groups in total. The summed E-state index contributed by atoms with van der Waals surface area (Å²) in [5.74, 6) is 1.31. The lowest BCUT2D eigenvalue weighted by molar-refractivity contribution is -0.122. The van der Waals surface area contributed by atoms with Crippen LogP contribution in [-0.4, -0.2) is 30.1 Å². The molecule has 0 saturated carbocycles. The molecule has 0 spiro atoms. The normalized spacial score (nSPS) is 17.8. The fourth-order valence-electron chi connectivity index (χ4n) is 3.71. The first-order valence-corrected chi connectivity index (χ1v) is 9.25. The van der Waals surface area contributed by atoms with Crippen molar-refractivity contribution in [2.75, 3.05) is 19.6 Å². The molecule has 1 aliphatic rings. The van der Waals surface area contributed by atoms with Gasteiger partial charge in [-0.05, 0) is 61.7 Å². The SMILES string of the molecule is CC(CC(=O)NCCCn1ccc2ccccc21)C1CCCNC1.Cl.Cl. The second-order valence-electron chi connectivity index (χ2n) is 7.06. The fourth-order valence-corrected chi connectivity index (χ4v) is 3.71. The largest absolute Gasteiger partial charge is 0.356 e. The van der Waals surface area contributed by atoms with Gasteiger partial charge < -0.3 is 15.2 Å². The number of aromatic nitrogens is 1. The number of nitrogens with one attached hydrogen (secondary N) is 2. The lowest BCUT2D eigenvalue weighted by Gasteiger charge is -2.28. The summed E-state index contributed by atoms with van der Waals surface area (Å²) in [6.07, 6.45) is 6.23. The summed E-state index contributed by atoms with van der Waals surface area (Å²) >= 11 is 0. The van der Waals surface area contributed by atoms with Crippen LogP contribution in [-0.2, 0) is 11.3 Å². The minimum absolute atomic E-state index is 0. The number of rotatable bonds is 7. The lowest BCUT2D eigenvalue weighted by atomic mass is 9.85. The van der Waals surface area contributed by atoms with Gasteiger partial charge in [0.25, 0.3) is 0 Å². The van der Waals surface area contributed by atoms with Gasteiger partial charge in [-0.1, -0.05) is 25.1 Å². The molecule has 2 heterocycles. The van der Waals surface area contributed by atoms with Crippen LogP contribution in [0.15, 0.2) is 36.5 Å². The van der Waals surface area contributed by atoms with Gasteiger partial charge in [0.1, 0.15) is 0 Å². The first-order chi connectivity index (χ1) is 11.7. The molecule has 6 heteroatoms. The van der Waals surface area contributed by atoms with E-state index in [1.54, 1.807) is 0 Å². The van der Waals surface area contributed by atoms with Crippen molar-refractivity contribution >= 4 is 41.6 Å². The minimum Gasteiger partial charge on any atom is -0.356 e. The summed E-state index contributed by atoms with van der Waals surface area (Å²) in [5.41, 5.74) is 1.27. The molecule has 146 valence electrons. The fraction of sp³-hybridized carbons (Fsp3) is 0.550. The summed E-state index contributed by atoms with van der Waals surface area (Å²) in [4.78, 5) is 12.1. The van der Waals surface area contributed by atoms with E-state index in [1.807, 2.05) is 0 Å². The van der Waals surface area contributed by atoms with Crippen LogP contribution in [0.4, 0.5) is 0 Å². The number of hydrogen-bond acceptors (Lipinski definition) is 2. The third-order valence-corrected chi connectivity index (χ3v) is 5.23. The first-order valence-electron chi connectivity index (χ1n) is 9.25. The molecule has 1 aliphatic heterocycles. The summed E-state index contributed by atoms with van der Waals surface area (Å²) in [6.45, 7) is 6.10. The summed E-state index contributed by atoms with van der Waals surface area (Å²) in [7, 11) is 0. The van der Waals surface area contributed by atoms with Gasteiger partial charge in [-0.25, -0.2) is 0 Å². The van der Waals surface area contributed by atoms with Crippen LogP contribution in [0.3, 0.4) is 0 Å². The van der Waals surface area contributed by atoms with Crippen LogP contribution in [0.1, 0.15) is 32.6 Å². The number of aryl methyl sites for hydroxylation is 1. The van der Waals surface area contributed by atoms with E-state index in [0.717, 1.165) is 32.6 Å². The Bertz CT molecular complexity index is 668. The molecule has 3 rings (SSSR count). The number of para-hydroxylation sites is 1. The first kappa shape index (κ1) is 22.8. The number of nitrogens with zero attached hydrogens (tertiary/aromatic N) is 1. The van der Waals surface area contributed by atoms with Crippen LogP contribution in [0.5, 0.6) is 0 Å². The van der Waals surface area contributed by atoms with Crippen LogP contribution in [0.25, 0.3) is 10.9 Å². The Morgan fingerprint density at radius 1 is 1.31 bits per heavy atom. The zero-order valence-corrected chi connectivity index (χ0v) is 17.1.